The van der Waals surface area contributed by atoms with Gasteiger partial charge >= 0.3 is 0 Å². The van der Waals surface area contributed by atoms with Gasteiger partial charge in [0.05, 0.1) is 5.56 Å². The van der Waals surface area contributed by atoms with Crippen molar-refractivity contribution in [3.63, 3.8) is 0 Å². The second kappa shape index (κ2) is 3.05. The Morgan fingerprint density at radius 3 is 2.33 bits per heavy atom. The second-order valence-corrected chi connectivity index (χ2v) is 2.50. The van der Waals surface area contributed by atoms with E-state index in [0.29, 0.717) is 0 Å². The smallest absolute Gasteiger partial charge is 0.268 e. The normalized spacial score (nSPS) is 10.8. The molecule has 0 saturated carbocycles. The maximum atomic E-state index is 13.0. The first-order valence-electron chi connectivity index (χ1n) is 3.36. The van der Waals surface area contributed by atoms with Gasteiger partial charge in [-0.1, -0.05) is 6.07 Å². The van der Waals surface area contributed by atoms with Gasteiger partial charge in [0.2, 0.25) is 0 Å². The van der Waals surface area contributed by atoms with Crippen molar-refractivity contribution in [1.29, 1.82) is 0 Å². The zero-order valence-corrected chi connectivity index (χ0v) is 6.44. The maximum Gasteiger partial charge on any atom is 0.268 e. The van der Waals surface area contributed by atoms with Gasteiger partial charge in [-0.25, -0.2) is 13.2 Å². The molecule has 1 aromatic rings. The molecule has 0 aliphatic heterocycles. The fourth-order valence-electron chi connectivity index (χ4n) is 0.939. The highest BCUT2D eigenvalue weighted by Gasteiger charge is 2.17. The van der Waals surface area contributed by atoms with E-state index in [4.69, 9.17) is 5.73 Å². The lowest BCUT2D eigenvalue weighted by Crippen LogP contribution is -2.00. The van der Waals surface area contributed by atoms with E-state index in [-0.39, 0.29) is 11.3 Å². The summed E-state index contributed by atoms with van der Waals surface area (Å²) in [7, 11) is 0. The fourth-order valence-corrected chi connectivity index (χ4v) is 0.939. The first-order chi connectivity index (χ1) is 5.54. The van der Waals surface area contributed by atoms with Gasteiger partial charge < -0.3 is 5.73 Å². The Morgan fingerprint density at radius 2 is 1.92 bits per heavy atom. The molecule has 12 heavy (non-hydrogen) atoms. The zero-order valence-electron chi connectivity index (χ0n) is 6.44. The van der Waals surface area contributed by atoms with Crippen molar-refractivity contribution in [3.8, 4) is 0 Å². The summed E-state index contributed by atoms with van der Waals surface area (Å²) in [5.74, 6) is -0.912. The van der Waals surface area contributed by atoms with Crippen LogP contribution in [0.5, 0.6) is 0 Å². The Balaban J connectivity index is 3.33. The lowest BCUT2D eigenvalue weighted by Gasteiger charge is -2.07. The van der Waals surface area contributed by atoms with E-state index >= 15 is 0 Å². The summed E-state index contributed by atoms with van der Waals surface area (Å²) in [4.78, 5) is 0. The molecule has 2 N–H and O–H groups in total. The Hall–Kier alpha value is -1.19. The van der Waals surface area contributed by atoms with Crippen LogP contribution in [-0.4, -0.2) is 0 Å². The molecule has 4 heteroatoms. The standard InChI is InChI=1S/C8H8F3N/c1-4-2-3-5(12)6(7(4)9)8(10)11/h2-3,8H,12H2,1H3. The quantitative estimate of drug-likeness (QED) is 0.652. The Labute approximate surface area is 68.0 Å². The largest absolute Gasteiger partial charge is 0.398 e. The molecule has 0 spiro atoms. The van der Waals surface area contributed by atoms with Crippen molar-refractivity contribution < 1.29 is 13.2 Å². The van der Waals surface area contributed by atoms with Crippen molar-refractivity contribution in [2.75, 3.05) is 5.73 Å². The van der Waals surface area contributed by atoms with E-state index in [2.05, 4.69) is 0 Å². The van der Waals surface area contributed by atoms with Gasteiger partial charge in [0.25, 0.3) is 6.43 Å². The third-order valence-corrected chi connectivity index (χ3v) is 1.62. The molecule has 0 aliphatic carbocycles. The SMILES string of the molecule is Cc1ccc(N)c(C(F)F)c1F. The van der Waals surface area contributed by atoms with E-state index < -0.39 is 17.8 Å². The predicted molar refractivity (Wildman–Crippen MR) is 40.5 cm³/mol. The molecule has 0 bridgehead atoms. The number of hydrogen-bond acceptors (Lipinski definition) is 1. The van der Waals surface area contributed by atoms with E-state index in [9.17, 15) is 13.2 Å². The van der Waals surface area contributed by atoms with Crippen LogP contribution in [-0.2, 0) is 0 Å². The first-order valence-corrected chi connectivity index (χ1v) is 3.36. The van der Waals surface area contributed by atoms with Crippen LogP contribution in [0.15, 0.2) is 12.1 Å². The van der Waals surface area contributed by atoms with Crippen molar-refractivity contribution >= 4 is 5.69 Å². The van der Waals surface area contributed by atoms with Gasteiger partial charge in [0, 0.05) is 5.69 Å². The summed E-state index contributed by atoms with van der Waals surface area (Å²) in [6, 6.07) is 2.65. The average Bonchev–Trinajstić information content (AvgIpc) is 1.97. The van der Waals surface area contributed by atoms with E-state index in [0.717, 1.165) is 0 Å². The number of halogens is 3. The van der Waals surface area contributed by atoms with Crippen LogP contribution in [0.4, 0.5) is 18.9 Å². The number of rotatable bonds is 1. The van der Waals surface area contributed by atoms with Crippen molar-refractivity contribution in [3.05, 3.63) is 29.1 Å². The van der Waals surface area contributed by atoms with Crippen LogP contribution < -0.4 is 5.73 Å². The van der Waals surface area contributed by atoms with E-state index in [1.54, 1.807) is 0 Å². The fraction of sp³-hybridized carbons (Fsp3) is 0.250. The topological polar surface area (TPSA) is 26.0 Å². The number of aryl methyl sites for hydroxylation is 1. The lowest BCUT2D eigenvalue weighted by molar-refractivity contribution is 0.147. The molecule has 0 amide bonds. The van der Waals surface area contributed by atoms with Gasteiger partial charge in [-0.15, -0.1) is 0 Å². The number of hydrogen-bond donors (Lipinski definition) is 1. The molecule has 0 unspecified atom stereocenters. The molecule has 0 saturated heterocycles. The van der Waals surface area contributed by atoms with E-state index in [1.165, 1.54) is 19.1 Å². The van der Waals surface area contributed by atoms with Gasteiger partial charge in [0.1, 0.15) is 5.82 Å². The minimum atomic E-state index is -2.86. The van der Waals surface area contributed by atoms with Crippen molar-refractivity contribution in [2.45, 2.75) is 13.3 Å². The van der Waals surface area contributed by atoms with Gasteiger partial charge in [0.15, 0.2) is 0 Å². The minimum absolute atomic E-state index is 0.180. The summed E-state index contributed by atoms with van der Waals surface area (Å²) >= 11 is 0. The molecule has 66 valence electrons. The molecular formula is C8H8F3N. The highest BCUT2D eigenvalue weighted by molar-refractivity contribution is 5.50. The highest BCUT2D eigenvalue weighted by Crippen LogP contribution is 2.29. The molecule has 1 nitrogen and oxygen atoms in total. The number of benzene rings is 1. The molecule has 0 atom stereocenters. The minimum Gasteiger partial charge on any atom is -0.398 e. The zero-order chi connectivity index (χ0) is 9.30. The summed E-state index contributed by atoms with van der Waals surface area (Å²) in [6.45, 7) is 1.42. The molecule has 0 fully saturated rings. The molecular weight excluding hydrogens is 167 g/mol. The highest BCUT2D eigenvalue weighted by atomic mass is 19.3. The Bertz CT molecular complexity index is 297. The Morgan fingerprint density at radius 1 is 1.33 bits per heavy atom. The molecule has 1 rings (SSSR count). The molecule has 0 aromatic heterocycles. The third kappa shape index (κ3) is 1.37. The van der Waals surface area contributed by atoms with Gasteiger partial charge in [-0.2, -0.15) is 0 Å². The number of nitrogen functional groups attached to an aromatic ring is 1. The van der Waals surface area contributed by atoms with Crippen LogP contribution in [0.1, 0.15) is 17.6 Å². The second-order valence-electron chi connectivity index (χ2n) is 2.50. The monoisotopic (exact) mass is 175 g/mol. The van der Waals surface area contributed by atoms with Crippen LogP contribution in [0.25, 0.3) is 0 Å². The lowest BCUT2D eigenvalue weighted by atomic mass is 10.1. The number of alkyl halides is 2. The maximum absolute atomic E-state index is 13.0. The summed E-state index contributed by atoms with van der Waals surface area (Å²) in [5, 5.41) is 0. The number of nitrogens with two attached hydrogens (primary N) is 1. The van der Waals surface area contributed by atoms with Crippen LogP contribution in [0.2, 0.25) is 0 Å². The van der Waals surface area contributed by atoms with Gasteiger partial charge in [-0.05, 0) is 18.6 Å². The van der Waals surface area contributed by atoms with E-state index in [1.807, 2.05) is 0 Å². The summed E-state index contributed by atoms with van der Waals surface area (Å²) < 4.78 is 37.3. The molecule has 1 aromatic carbocycles. The third-order valence-electron chi connectivity index (χ3n) is 1.62. The first kappa shape index (κ1) is 8.90. The average molecular weight is 175 g/mol. The summed E-state index contributed by atoms with van der Waals surface area (Å²) in [6.07, 6.45) is -2.86. The van der Waals surface area contributed by atoms with Crippen LogP contribution in [0.3, 0.4) is 0 Å². The van der Waals surface area contributed by atoms with Gasteiger partial charge in [-0.3, -0.25) is 0 Å². The molecule has 0 heterocycles. The van der Waals surface area contributed by atoms with Crippen LogP contribution in [0, 0.1) is 12.7 Å². The predicted octanol–water partition coefficient (Wildman–Crippen LogP) is 2.65. The number of anilines is 1. The van der Waals surface area contributed by atoms with Crippen molar-refractivity contribution in [2.24, 2.45) is 0 Å². The molecule has 0 radical (unpaired) electrons. The Kier molecular flexibility index (Phi) is 2.26. The molecule has 0 aliphatic rings. The van der Waals surface area contributed by atoms with Crippen molar-refractivity contribution in [1.82, 2.24) is 0 Å². The summed E-state index contributed by atoms with van der Waals surface area (Å²) in [5.41, 5.74) is 4.45. The van der Waals surface area contributed by atoms with Crippen LogP contribution >= 0.6 is 0 Å².